The van der Waals surface area contributed by atoms with Gasteiger partial charge in [-0.05, 0) is 12.8 Å². The number of hydrogen-bond donors (Lipinski definition) is 1. The van der Waals surface area contributed by atoms with Crippen LogP contribution in [0.15, 0.2) is 17.1 Å². The van der Waals surface area contributed by atoms with E-state index in [0.717, 1.165) is 31.4 Å². The smallest absolute Gasteiger partial charge is 0.161 e. The zero-order valence-corrected chi connectivity index (χ0v) is 11.0. The normalized spacial score (nSPS) is 20.9. The van der Waals surface area contributed by atoms with E-state index in [0.29, 0.717) is 17.3 Å². The van der Waals surface area contributed by atoms with Gasteiger partial charge in [0.25, 0.3) is 0 Å². The number of benzene rings is 1. The lowest BCUT2D eigenvalue weighted by atomic mass is 10.0. The summed E-state index contributed by atoms with van der Waals surface area (Å²) < 4.78 is 39.9. The van der Waals surface area contributed by atoms with Crippen molar-refractivity contribution in [2.24, 2.45) is 4.99 Å². The van der Waals surface area contributed by atoms with Crippen LogP contribution in [0.2, 0.25) is 0 Å². The lowest BCUT2D eigenvalue weighted by Gasteiger charge is -2.16. The van der Waals surface area contributed by atoms with Crippen molar-refractivity contribution in [2.45, 2.75) is 31.2 Å². The summed E-state index contributed by atoms with van der Waals surface area (Å²) in [5.74, 6) is -1.95. The molecule has 0 unspecified atom stereocenters. The van der Waals surface area contributed by atoms with Crippen molar-refractivity contribution >= 4 is 22.6 Å². The van der Waals surface area contributed by atoms with Gasteiger partial charge in [-0.2, -0.15) is 0 Å². The minimum atomic E-state index is -0.937. The molecule has 2 aliphatic rings. The minimum absolute atomic E-state index is 0.0556. The first-order chi connectivity index (χ1) is 9.08. The number of anilines is 1. The second-order valence-corrected chi connectivity index (χ2v) is 5.97. The van der Waals surface area contributed by atoms with Gasteiger partial charge in [0.2, 0.25) is 0 Å². The zero-order chi connectivity index (χ0) is 13.5. The minimum Gasteiger partial charge on any atom is -0.330 e. The molecule has 1 aliphatic heterocycles. The quantitative estimate of drug-likeness (QED) is 0.846. The third-order valence-corrected chi connectivity index (χ3v) is 4.74. The molecule has 0 radical (unpaired) electrons. The topological polar surface area (TPSA) is 24.4 Å². The van der Waals surface area contributed by atoms with E-state index in [4.69, 9.17) is 0 Å². The Hall–Kier alpha value is -1.17. The maximum absolute atomic E-state index is 13.5. The average Bonchev–Trinajstić information content (AvgIpc) is 2.95. The third-order valence-electron chi connectivity index (χ3n) is 3.59. The highest BCUT2D eigenvalue weighted by Gasteiger charge is 2.38. The van der Waals surface area contributed by atoms with Crippen LogP contribution in [0.5, 0.6) is 0 Å². The lowest BCUT2D eigenvalue weighted by Crippen LogP contribution is -2.21. The number of rotatable bonds is 1. The molecule has 102 valence electrons. The first-order valence-corrected chi connectivity index (χ1v) is 7.21. The van der Waals surface area contributed by atoms with Crippen molar-refractivity contribution in [2.75, 3.05) is 11.1 Å². The molecule has 1 saturated carbocycles. The van der Waals surface area contributed by atoms with Gasteiger partial charge in [0.05, 0.1) is 5.54 Å². The first kappa shape index (κ1) is 12.8. The van der Waals surface area contributed by atoms with Gasteiger partial charge < -0.3 is 5.32 Å². The Morgan fingerprint density at radius 3 is 2.37 bits per heavy atom. The van der Waals surface area contributed by atoms with Crippen LogP contribution in [0.25, 0.3) is 0 Å². The summed E-state index contributed by atoms with van der Waals surface area (Å²) in [5, 5.41) is 3.17. The van der Waals surface area contributed by atoms with Crippen LogP contribution < -0.4 is 5.32 Å². The summed E-state index contributed by atoms with van der Waals surface area (Å²) >= 11 is 1.47. The van der Waals surface area contributed by atoms with Crippen LogP contribution in [0.1, 0.15) is 25.7 Å². The molecule has 1 aliphatic carbocycles. The van der Waals surface area contributed by atoms with Crippen LogP contribution in [0.3, 0.4) is 0 Å². The van der Waals surface area contributed by atoms with E-state index >= 15 is 0 Å². The molecule has 6 heteroatoms. The molecule has 19 heavy (non-hydrogen) atoms. The van der Waals surface area contributed by atoms with Gasteiger partial charge in [-0.1, -0.05) is 24.6 Å². The van der Waals surface area contributed by atoms with Gasteiger partial charge in [-0.3, -0.25) is 4.99 Å². The third kappa shape index (κ3) is 2.45. The molecule has 3 rings (SSSR count). The number of halogens is 3. The van der Waals surface area contributed by atoms with Crippen molar-refractivity contribution in [3.63, 3.8) is 0 Å². The zero-order valence-electron chi connectivity index (χ0n) is 10.2. The molecule has 1 aromatic rings. The van der Waals surface area contributed by atoms with Crippen LogP contribution in [-0.4, -0.2) is 16.5 Å². The molecular weight excluding hydrogens is 273 g/mol. The number of nitrogens with one attached hydrogen (secondary N) is 1. The Labute approximate surface area is 113 Å². The fourth-order valence-corrected chi connectivity index (χ4v) is 3.80. The maximum atomic E-state index is 13.5. The average molecular weight is 286 g/mol. The standard InChI is InChI=1S/C13H13F3N2S/c14-8-5-9(15)11(10(16)6-8)17-12-18-13(7-19-12)3-1-2-4-13/h5-6H,1-4,7H2,(H,17,18). The van der Waals surface area contributed by atoms with Crippen molar-refractivity contribution < 1.29 is 13.2 Å². The Morgan fingerprint density at radius 1 is 1.11 bits per heavy atom. The predicted molar refractivity (Wildman–Crippen MR) is 71.0 cm³/mol. The van der Waals surface area contributed by atoms with Crippen LogP contribution in [-0.2, 0) is 0 Å². The van der Waals surface area contributed by atoms with E-state index in [-0.39, 0.29) is 11.2 Å². The molecule has 0 atom stereocenters. The molecule has 0 saturated heterocycles. The fraction of sp³-hybridized carbons (Fsp3) is 0.462. The Morgan fingerprint density at radius 2 is 1.74 bits per heavy atom. The number of hydrogen-bond acceptors (Lipinski definition) is 3. The summed E-state index contributed by atoms with van der Waals surface area (Å²) in [6, 6.07) is 1.33. The number of thioether (sulfide) groups is 1. The lowest BCUT2D eigenvalue weighted by molar-refractivity contribution is 0.508. The second kappa shape index (κ2) is 4.74. The maximum Gasteiger partial charge on any atom is 0.161 e. The molecule has 0 bridgehead atoms. The summed E-state index contributed by atoms with van der Waals surface area (Å²) in [4.78, 5) is 4.56. The van der Waals surface area contributed by atoms with Crippen molar-refractivity contribution in [1.82, 2.24) is 0 Å². The highest BCUT2D eigenvalue weighted by Crippen LogP contribution is 2.41. The molecule has 0 amide bonds. The molecule has 1 heterocycles. The van der Waals surface area contributed by atoms with E-state index in [1.54, 1.807) is 0 Å². The summed E-state index contributed by atoms with van der Waals surface area (Å²) in [6.07, 6.45) is 4.35. The van der Waals surface area contributed by atoms with Crippen LogP contribution >= 0.6 is 11.8 Å². The molecule has 1 fully saturated rings. The number of aliphatic imine (C=N–C) groups is 1. The van der Waals surface area contributed by atoms with Gasteiger partial charge in [0, 0.05) is 17.9 Å². The molecule has 1 spiro atoms. The Bertz CT molecular complexity index is 516. The summed E-state index contributed by atoms with van der Waals surface area (Å²) in [6.45, 7) is 0. The fourth-order valence-electron chi connectivity index (χ4n) is 2.60. The Kier molecular flexibility index (Phi) is 3.20. The summed E-state index contributed by atoms with van der Waals surface area (Å²) in [7, 11) is 0. The predicted octanol–water partition coefficient (Wildman–Crippen LogP) is 3.93. The number of amidine groups is 1. The van der Waals surface area contributed by atoms with Gasteiger partial charge in [-0.25, -0.2) is 13.2 Å². The van der Waals surface area contributed by atoms with Gasteiger partial charge in [0.1, 0.15) is 11.5 Å². The largest absolute Gasteiger partial charge is 0.330 e. The van der Waals surface area contributed by atoms with Crippen molar-refractivity contribution in [3.8, 4) is 0 Å². The van der Waals surface area contributed by atoms with E-state index in [9.17, 15) is 13.2 Å². The van der Waals surface area contributed by atoms with E-state index < -0.39 is 17.5 Å². The van der Waals surface area contributed by atoms with Crippen molar-refractivity contribution in [1.29, 1.82) is 0 Å². The molecular formula is C13H13F3N2S. The first-order valence-electron chi connectivity index (χ1n) is 6.22. The van der Waals surface area contributed by atoms with E-state index in [1.807, 2.05) is 0 Å². The molecule has 2 nitrogen and oxygen atoms in total. The highest BCUT2D eigenvalue weighted by molar-refractivity contribution is 8.14. The number of nitrogens with zero attached hydrogens (tertiary/aromatic N) is 1. The van der Waals surface area contributed by atoms with Crippen molar-refractivity contribution in [3.05, 3.63) is 29.6 Å². The Balaban J connectivity index is 1.83. The molecule has 1 aromatic carbocycles. The van der Waals surface area contributed by atoms with E-state index in [2.05, 4.69) is 10.3 Å². The van der Waals surface area contributed by atoms with Gasteiger partial charge in [-0.15, -0.1) is 0 Å². The van der Waals surface area contributed by atoms with E-state index in [1.165, 1.54) is 11.8 Å². The summed E-state index contributed by atoms with van der Waals surface area (Å²) in [5.41, 5.74) is -0.386. The second-order valence-electron chi connectivity index (χ2n) is 5.01. The SMILES string of the molecule is Fc1cc(F)c(NC2=NC3(CCCC3)CS2)c(F)c1. The highest BCUT2D eigenvalue weighted by atomic mass is 32.2. The van der Waals surface area contributed by atoms with Gasteiger partial charge in [0.15, 0.2) is 16.8 Å². The molecule has 1 N–H and O–H groups in total. The van der Waals surface area contributed by atoms with Crippen LogP contribution in [0, 0.1) is 17.5 Å². The van der Waals surface area contributed by atoms with Crippen LogP contribution in [0.4, 0.5) is 18.9 Å². The monoisotopic (exact) mass is 286 g/mol. The van der Waals surface area contributed by atoms with Gasteiger partial charge >= 0.3 is 0 Å². The molecule has 0 aromatic heterocycles.